The quantitative estimate of drug-likeness (QED) is 0.397. The predicted octanol–water partition coefficient (Wildman–Crippen LogP) is 1.01. The lowest BCUT2D eigenvalue weighted by molar-refractivity contribution is -0.159. The standard InChI is InChI=1S/C17H24N2O4.C2H2O4/c1-5-23-17(20)12(2)19-9-7-14-11-16(22-4)15(21-3)10-13(14)6-8-18;3-1(4)2(5)6/h10-12,19H,5-7,9H2,1-4H3;(H,3,4)(H,5,6)/t12-;/m0./s1. The summed E-state index contributed by atoms with van der Waals surface area (Å²) < 4.78 is 15.5. The molecule has 1 aromatic rings. The van der Waals surface area contributed by atoms with Crippen molar-refractivity contribution < 1.29 is 38.8 Å². The summed E-state index contributed by atoms with van der Waals surface area (Å²) in [5, 5.41) is 26.9. The van der Waals surface area contributed by atoms with Crippen LogP contribution in [0.4, 0.5) is 0 Å². The number of rotatable bonds is 9. The lowest BCUT2D eigenvalue weighted by Crippen LogP contribution is -2.36. The Morgan fingerprint density at radius 1 is 1.10 bits per heavy atom. The van der Waals surface area contributed by atoms with Crippen molar-refractivity contribution >= 4 is 17.9 Å². The largest absolute Gasteiger partial charge is 0.493 e. The number of carbonyl (C=O) groups is 3. The van der Waals surface area contributed by atoms with Gasteiger partial charge in [0.25, 0.3) is 0 Å². The highest BCUT2D eigenvalue weighted by Crippen LogP contribution is 2.31. The maximum Gasteiger partial charge on any atom is 0.414 e. The zero-order chi connectivity index (χ0) is 22.4. The lowest BCUT2D eigenvalue weighted by atomic mass is 10.0. The summed E-state index contributed by atoms with van der Waals surface area (Å²) >= 11 is 0. The van der Waals surface area contributed by atoms with E-state index in [9.17, 15) is 4.79 Å². The van der Waals surface area contributed by atoms with Gasteiger partial charge in [-0.1, -0.05) is 0 Å². The van der Waals surface area contributed by atoms with E-state index in [0.717, 1.165) is 11.1 Å². The molecule has 0 fully saturated rings. The van der Waals surface area contributed by atoms with E-state index >= 15 is 0 Å². The minimum Gasteiger partial charge on any atom is -0.493 e. The minimum atomic E-state index is -1.82. The Labute approximate surface area is 169 Å². The zero-order valence-corrected chi connectivity index (χ0v) is 16.9. The SMILES string of the molecule is CCOC(=O)[C@H](C)NCCc1cc(OC)c(OC)cc1CC#N.O=C(O)C(=O)O. The predicted molar refractivity (Wildman–Crippen MR) is 102 cm³/mol. The fraction of sp³-hybridized carbons (Fsp3) is 0.474. The minimum absolute atomic E-state index is 0.267. The molecule has 10 nitrogen and oxygen atoms in total. The molecule has 0 aliphatic carbocycles. The first-order valence-corrected chi connectivity index (χ1v) is 8.68. The van der Waals surface area contributed by atoms with Crippen molar-refractivity contribution in [2.45, 2.75) is 32.7 Å². The second-order valence-electron chi connectivity index (χ2n) is 5.60. The van der Waals surface area contributed by atoms with E-state index in [1.165, 1.54) is 0 Å². The summed E-state index contributed by atoms with van der Waals surface area (Å²) in [5.74, 6) is -2.68. The molecule has 0 heterocycles. The lowest BCUT2D eigenvalue weighted by Gasteiger charge is -2.15. The smallest absolute Gasteiger partial charge is 0.414 e. The van der Waals surface area contributed by atoms with Crippen molar-refractivity contribution in [1.82, 2.24) is 5.32 Å². The van der Waals surface area contributed by atoms with Gasteiger partial charge >= 0.3 is 17.9 Å². The van der Waals surface area contributed by atoms with E-state index < -0.39 is 11.9 Å². The highest BCUT2D eigenvalue weighted by atomic mass is 16.5. The average Bonchev–Trinajstić information content (AvgIpc) is 2.69. The molecule has 0 unspecified atom stereocenters. The maximum absolute atomic E-state index is 11.6. The van der Waals surface area contributed by atoms with Crippen LogP contribution in [0.2, 0.25) is 0 Å². The normalized spacial score (nSPS) is 10.6. The van der Waals surface area contributed by atoms with Crippen LogP contribution in [0, 0.1) is 11.3 Å². The van der Waals surface area contributed by atoms with Crippen molar-refractivity contribution in [3.63, 3.8) is 0 Å². The first-order chi connectivity index (χ1) is 13.7. The molecule has 1 rings (SSSR count). The Balaban J connectivity index is 0.00000113. The highest BCUT2D eigenvalue weighted by molar-refractivity contribution is 6.27. The number of ether oxygens (including phenoxy) is 3. The van der Waals surface area contributed by atoms with Crippen LogP contribution in [0.25, 0.3) is 0 Å². The number of nitrogens with zero attached hydrogens (tertiary/aromatic N) is 1. The van der Waals surface area contributed by atoms with E-state index in [0.29, 0.717) is 37.5 Å². The first kappa shape index (κ1) is 25.7. The Kier molecular flexibility index (Phi) is 12.2. The fourth-order valence-corrected chi connectivity index (χ4v) is 2.22. The summed E-state index contributed by atoms with van der Waals surface area (Å²) in [5.41, 5.74) is 1.89. The van der Waals surface area contributed by atoms with E-state index in [2.05, 4.69) is 11.4 Å². The Morgan fingerprint density at radius 3 is 2.03 bits per heavy atom. The average molecular weight is 410 g/mol. The molecular formula is C19H26N2O8. The second kappa shape index (κ2) is 13.8. The number of carboxylic acid groups (broad SMARTS) is 2. The monoisotopic (exact) mass is 410 g/mol. The van der Waals surface area contributed by atoms with Crippen LogP contribution < -0.4 is 14.8 Å². The van der Waals surface area contributed by atoms with Gasteiger partial charge < -0.3 is 29.7 Å². The zero-order valence-electron chi connectivity index (χ0n) is 16.9. The molecule has 1 aromatic carbocycles. The van der Waals surface area contributed by atoms with Crippen molar-refractivity contribution in [3.05, 3.63) is 23.3 Å². The fourth-order valence-electron chi connectivity index (χ4n) is 2.22. The summed E-state index contributed by atoms with van der Waals surface area (Å²) in [7, 11) is 3.14. The number of hydrogen-bond donors (Lipinski definition) is 3. The molecule has 0 amide bonds. The molecule has 0 saturated heterocycles. The van der Waals surface area contributed by atoms with Gasteiger partial charge in [0, 0.05) is 0 Å². The van der Waals surface area contributed by atoms with Gasteiger partial charge in [-0.2, -0.15) is 5.26 Å². The van der Waals surface area contributed by atoms with Crippen LogP contribution in [-0.2, 0) is 32.0 Å². The first-order valence-electron chi connectivity index (χ1n) is 8.68. The van der Waals surface area contributed by atoms with E-state index in [4.69, 9.17) is 39.3 Å². The van der Waals surface area contributed by atoms with Crippen LogP contribution >= 0.6 is 0 Å². The van der Waals surface area contributed by atoms with Crippen LogP contribution in [0.1, 0.15) is 25.0 Å². The van der Waals surface area contributed by atoms with Crippen LogP contribution in [0.5, 0.6) is 11.5 Å². The molecular weight excluding hydrogens is 384 g/mol. The molecule has 0 spiro atoms. The summed E-state index contributed by atoms with van der Waals surface area (Å²) in [6.07, 6.45) is 0.963. The van der Waals surface area contributed by atoms with E-state index in [1.54, 1.807) is 28.1 Å². The maximum atomic E-state index is 11.6. The summed E-state index contributed by atoms with van der Waals surface area (Å²) in [6, 6.07) is 5.49. The molecule has 29 heavy (non-hydrogen) atoms. The topological polar surface area (TPSA) is 155 Å². The third kappa shape index (κ3) is 9.44. The van der Waals surface area contributed by atoms with Crippen molar-refractivity contribution in [2.75, 3.05) is 27.4 Å². The van der Waals surface area contributed by atoms with Crippen LogP contribution in [-0.4, -0.2) is 61.5 Å². The van der Waals surface area contributed by atoms with Crippen molar-refractivity contribution in [1.29, 1.82) is 5.26 Å². The molecule has 1 atom stereocenters. The molecule has 3 N–H and O–H groups in total. The Hall–Kier alpha value is -3.32. The van der Waals surface area contributed by atoms with Crippen LogP contribution in [0.3, 0.4) is 0 Å². The van der Waals surface area contributed by atoms with Crippen molar-refractivity contribution in [2.24, 2.45) is 0 Å². The molecule has 10 heteroatoms. The number of esters is 1. The number of nitrogens with one attached hydrogen (secondary N) is 1. The van der Waals surface area contributed by atoms with Gasteiger partial charge in [0.1, 0.15) is 6.04 Å². The Morgan fingerprint density at radius 2 is 1.62 bits per heavy atom. The number of carbonyl (C=O) groups excluding carboxylic acids is 1. The molecule has 0 radical (unpaired) electrons. The third-order valence-electron chi connectivity index (χ3n) is 3.64. The van der Waals surface area contributed by atoms with Gasteiger partial charge in [0.05, 0.1) is 33.3 Å². The number of benzene rings is 1. The highest BCUT2D eigenvalue weighted by Gasteiger charge is 2.14. The molecule has 0 bridgehead atoms. The molecule has 0 aliphatic heterocycles. The second-order valence-corrected chi connectivity index (χ2v) is 5.60. The van der Waals surface area contributed by atoms with Gasteiger partial charge in [0.2, 0.25) is 0 Å². The number of methoxy groups -OCH3 is 2. The van der Waals surface area contributed by atoms with Crippen molar-refractivity contribution in [3.8, 4) is 17.6 Å². The molecule has 160 valence electrons. The van der Waals surface area contributed by atoms with E-state index in [-0.39, 0.29) is 12.0 Å². The van der Waals surface area contributed by atoms with Gasteiger partial charge in [-0.15, -0.1) is 0 Å². The molecule has 0 aliphatic rings. The molecule has 0 saturated carbocycles. The van der Waals surface area contributed by atoms with Gasteiger partial charge in [-0.05, 0) is 50.1 Å². The van der Waals surface area contributed by atoms with Gasteiger partial charge in [-0.3, -0.25) is 4.79 Å². The number of nitriles is 1. The third-order valence-corrected chi connectivity index (χ3v) is 3.64. The van der Waals surface area contributed by atoms with E-state index in [1.807, 2.05) is 12.1 Å². The van der Waals surface area contributed by atoms with Gasteiger partial charge in [-0.25, -0.2) is 9.59 Å². The Bertz CT molecular complexity index is 730. The summed E-state index contributed by atoms with van der Waals surface area (Å²) in [4.78, 5) is 29.8. The van der Waals surface area contributed by atoms with Crippen LogP contribution in [0.15, 0.2) is 12.1 Å². The number of hydrogen-bond acceptors (Lipinski definition) is 8. The number of aliphatic carboxylic acids is 2. The van der Waals surface area contributed by atoms with Gasteiger partial charge in [0.15, 0.2) is 11.5 Å². The summed E-state index contributed by atoms with van der Waals surface area (Å²) in [6.45, 7) is 4.51. The molecule has 0 aromatic heterocycles. The number of carboxylic acids is 2.